The number of hydrogen-bond acceptors (Lipinski definition) is 3. The van der Waals surface area contributed by atoms with E-state index in [0.717, 1.165) is 18.0 Å². The van der Waals surface area contributed by atoms with Crippen molar-refractivity contribution in [3.63, 3.8) is 0 Å². The van der Waals surface area contributed by atoms with Crippen molar-refractivity contribution in [2.45, 2.75) is 18.8 Å². The lowest BCUT2D eigenvalue weighted by atomic mass is 9.97. The molecule has 23 heavy (non-hydrogen) atoms. The van der Waals surface area contributed by atoms with Gasteiger partial charge in [-0.05, 0) is 31.0 Å². The first-order valence-corrected chi connectivity index (χ1v) is 9.15. The van der Waals surface area contributed by atoms with Crippen LogP contribution in [0.5, 0.6) is 0 Å². The summed E-state index contributed by atoms with van der Waals surface area (Å²) in [5.74, 6) is -0.910. The van der Waals surface area contributed by atoms with Crippen molar-refractivity contribution < 1.29 is 17.2 Å². The predicted octanol–water partition coefficient (Wildman–Crippen LogP) is 2.49. The van der Waals surface area contributed by atoms with E-state index < -0.39 is 21.7 Å². The maximum atomic E-state index is 13.3. The third-order valence-corrected chi connectivity index (χ3v) is 5.44. The Morgan fingerprint density at radius 2 is 1.91 bits per heavy atom. The molecule has 0 bridgehead atoms. The first kappa shape index (κ1) is 16.1. The zero-order valence-electron chi connectivity index (χ0n) is 12.6. The minimum atomic E-state index is -3.15. The van der Waals surface area contributed by atoms with Crippen molar-refractivity contribution in [2.24, 2.45) is 0 Å². The second-order valence-corrected chi connectivity index (χ2v) is 7.73. The lowest BCUT2D eigenvalue weighted by molar-refractivity contribution is 0.316. The molecule has 0 amide bonds. The number of rotatable bonds is 3. The van der Waals surface area contributed by atoms with Gasteiger partial charge in [-0.25, -0.2) is 26.5 Å². The minimum Gasteiger partial charge on any atom is -0.342 e. The summed E-state index contributed by atoms with van der Waals surface area (Å²) in [6.07, 6.45) is 4.15. The van der Waals surface area contributed by atoms with Crippen molar-refractivity contribution in [3.05, 3.63) is 41.9 Å². The summed E-state index contributed by atoms with van der Waals surface area (Å²) in [7, 11) is -3.15. The molecule has 0 unspecified atom stereocenters. The van der Waals surface area contributed by atoms with Gasteiger partial charge in [-0.3, -0.25) is 0 Å². The van der Waals surface area contributed by atoms with Gasteiger partial charge in [0.2, 0.25) is 10.0 Å². The third-order valence-electron chi connectivity index (χ3n) is 4.14. The van der Waals surface area contributed by atoms with Crippen LogP contribution in [0, 0.1) is 11.6 Å². The number of imidazole rings is 1. The maximum Gasteiger partial charge on any atom is 0.211 e. The van der Waals surface area contributed by atoms with Crippen LogP contribution in [-0.2, 0) is 10.0 Å². The molecule has 0 spiro atoms. The third kappa shape index (κ3) is 3.42. The van der Waals surface area contributed by atoms with E-state index >= 15 is 0 Å². The second kappa shape index (κ2) is 6.01. The number of aromatic amines is 1. The van der Waals surface area contributed by atoms with E-state index in [2.05, 4.69) is 9.97 Å². The van der Waals surface area contributed by atoms with Gasteiger partial charge >= 0.3 is 0 Å². The van der Waals surface area contributed by atoms with E-state index in [9.17, 15) is 17.2 Å². The van der Waals surface area contributed by atoms with Crippen molar-refractivity contribution in [1.29, 1.82) is 0 Å². The molecule has 3 rings (SSSR count). The summed E-state index contributed by atoms with van der Waals surface area (Å²) >= 11 is 0. The van der Waals surface area contributed by atoms with Crippen LogP contribution in [0.1, 0.15) is 24.6 Å². The number of sulfonamides is 1. The molecule has 2 heterocycles. The summed E-state index contributed by atoms with van der Waals surface area (Å²) in [5, 5.41) is 0. The fourth-order valence-corrected chi connectivity index (χ4v) is 3.69. The van der Waals surface area contributed by atoms with Crippen molar-refractivity contribution in [3.8, 4) is 11.3 Å². The van der Waals surface area contributed by atoms with Gasteiger partial charge in [0.1, 0.15) is 5.82 Å². The SMILES string of the molecule is CS(=O)(=O)N1CCC(c2ncc(-c3ccc(F)c(F)c3)[nH]2)CC1. The van der Waals surface area contributed by atoms with Gasteiger partial charge in [0.15, 0.2) is 11.6 Å². The van der Waals surface area contributed by atoms with Crippen LogP contribution in [-0.4, -0.2) is 42.0 Å². The fourth-order valence-electron chi connectivity index (χ4n) is 2.82. The molecule has 0 radical (unpaired) electrons. The number of aromatic nitrogens is 2. The Bertz CT molecular complexity index is 812. The van der Waals surface area contributed by atoms with E-state index in [-0.39, 0.29) is 5.92 Å². The maximum absolute atomic E-state index is 13.3. The molecule has 0 atom stereocenters. The topological polar surface area (TPSA) is 66.1 Å². The highest BCUT2D eigenvalue weighted by molar-refractivity contribution is 7.88. The van der Waals surface area contributed by atoms with E-state index in [1.54, 1.807) is 6.20 Å². The van der Waals surface area contributed by atoms with E-state index in [1.165, 1.54) is 16.6 Å². The fraction of sp³-hybridized carbons (Fsp3) is 0.400. The molecule has 1 aliphatic rings. The number of nitrogens with one attached hydrogen (secondary N) is 1. The van der Waals surface area contributed by atoms with Crippen LogP contribution in [0.25, 0.3) is 11.3 Å². The quantitative estimate of drug-likeness (QED) is 0.933. The summed E-state index contributed by atoms with van der Waals surface area (Å²) in [6, 6.07) is 3.69. The van der Waals surface area contributed by atoms with Gasteiger partial charge in [-0.15, -0.1) is 0 Å². The zero-order chi connectivity index (χ0) is 16.6. The van der Waals surface area contributed by atoms with E-state index in [1.807, 2.05) is 0 Å². The van der Waals surface area contributed by atoms with Gasteiger partial charge < -0.3 is 4.98 Å². The van der Waals surface area contributed by atoms with Gasteiger partial charge in [0, 0.05) is 24.6 Å². The minimum absolute atomic E-state index is 0.132. The molecule has 1 N–H and O–H groups in total. The molecule has 1 aromatic heterocycles. The molecule has 0 aliphatic carbocycles. The Kier molecular flexibility index (Phi) is 4.20. The van der Waals surface area contributed by atoms with Crippen LogP contribution < -0.4 is 0 Å². The van der Waals surface area contributed by atoms with Crippen molar-refractivity contribution in [1.82, 2.24) is 14.3 Å². The van der Waals surface area contributed by atoms with Crippen molar-refractivity contribution in [2.75, 3.05) is 19.3 Å². The Hall–Kier alpha value is -1.80. The van der Waals surface area contributed by atoms with Crippen LogP contribution in [0.4, 0.5) is 8.78 Å². The Labute approximate surface area is 133 Å². The smallest absolute Gasteiger partial charge is 0.211 e. The predicted molar refractivity (Wildman–Crippen MR) is 82.3 cm³/mol. The Morgan fingerprint density at radius 3 is 2.52 bits per heavy atom. The van der Waals surface area contributed by atoms with Crippen LogP contribution in [0.2, 0.25) is 0 Å². The summed E-state index contributed by atoms with van der Waals surface area (Å²) < 4.78 is 50.8. The molecule has 124 valence electrons. The molecular weight excluding hydrogens is 324 g/mol. The summed E-state index contributed by atoms with van der Waals surface area (Å²) in [6.45, 7) is 0.926. The molecule has 1 saturated heterocycles. The molecule has 1 aliphatic heterocycles. The van der Waals surface area contributed by atoms with Crippen LogP contribution in [0.3, 0.4) is 0 Å². The molecule has 0 saturated carbocycles. The lowest BCUT2D eigenvalue weighted by Crippen LogP contribution is -2.37. The largest absolute Gasteiger partial charge is 0.342 e. The Balaban J connectivity index is 1.74. The van der Waals surface area contributed by atoms with Crippen LogP contribution in [0.15, 0.2) is 24.4 Å². The van der Waals surface area contributed by atoms with Gasteiger partial charge in [0.05, 0.1) is 18.1 Å². The number of piperidine rings is 1. The standard InChI is InChI=1S/C15H17F2N3O2S/c1-23(21,22)20-6-4-10(5-7-20)15-18-9-14(19-15)11-2-3-12(16)13(17)8-11/h2-3,8-10H,4-7H2,1H3,(H,18,19). The average molecular weight is 341 g/mol. The summed E-state index contributed by atoms with van der Waals surface area (Å²) in [4.78, 5) is 7.45. The number of hydrogen-bond donors (Lipinski definition) is 1. The van der Waals surface area contributed by atoms with E-state index in [0.29, 0.717) is 37.2 Å². The molecule has 2 aromatic rings. The number of halogens is 2. The second-order valence-electron chi connectivity index (χ2n) is 5.75. The molecular formula is C15H17F2N3O2S. The number of benzene rings is 1. The highest BCUT2D eigenvalue weighted by atomic mass is 32.2. The molecule has 8 heteroatoms. The first-order valence-electron chi connectivity index (χ1n) is 7.30. The van der Waals surface area contributed by atoms with Crippen LogP contribution >= 0.6 is 0 Å². The lowest BCUT2D eigenvalue weighted by Gasteiger charge is -2.29. The number of H-pyrrole nitrogens is 1. The first-order chi connectivity index (χ1) is 10.8. The monoisotopic (exact) mass is 341 g/mol. The molecule has 1 aromatic carbocycles. The normalized spacial score (nSPS) is 17.5. The highest BCUT2D eigenvalue weighted by Gasteiger charge is 2.27. The highest BCUT2D eigenvalue weighted by Crippen LogP contribution is 2.29. The summed E-state index contributed by atoms with van der Waals surface area (Å²) in [5.41, 5.74) is 1.14. The van der Waals surface area contributed by atoms with Gasteiger partial charge in [-0.1, -0.05) is 0 Å². The number of nitrogens with zero attached hydrogens (tertiary/aromatic N) is 2. The molecule has 5 nitrogen and oxygen atoms in total. The van der Waals surface area contributed by atoms with Crippen molar-refractivity contribution >= 4 is 10.0 Å². The van der Waals surface area contributed by atoms with Gasteiger partial charge in [0.25, 0.3) is 0 Å². The van der Waals surface area contributed by atoms with E-state index in [4.69, 9.17) is 0 Å². The van der Waals surface area contributed by atoms with Gasteiger partial charge in [-0.2, -0.15) is 0 Å². The molecule has 1 fully saturated rings. The zero-order valence-corrected chi connectivity index (χ0v) is 13.4. The Morgan fingerprint density at radius 1 is 1.22 bits per heavy atom. The average Bonchev–Trinajstić information content (AvgIpc) is 2.99.